The molecule has 0 bridgehead atoms. The average Bonchev–Trinajstić information content (AvgIpc) is 3.13. The highest BCUT2D eigenvalue weighted by Crippen LogP contribution is 2.41. The minimum atomic E-state index is -0.364. The molecule has 0 aliphatic heterocycles. The third-order valence-electron chi connectivity index (χ3n) is 4.57. The lowest BCUT2D eigenvalue weighted by molar-refractivity contribution is 0.1000. The molecule has 5 nitrogen and oxygen atoms in total. The van der Waals surface area contributed by atoms with Crippen LogP contribution in [0.1, 0.15) is 34.1 Å². The van der Waals surface area contributed by atoms with Gasteiger partial charge in [-0.2, -0.15) is 0 Å². The third-order valence-corrected chi connectivity index (χ3v) is 6.68. The second kappa shape index (κ2) is 6.31. The fourth-order valence-electron chi connectivity index (χ4n) is 3.28. The fourth-order valence-corrected chi connectivity index (χ4v) is 5.66. The Bertz CT molecular complexity index is 961. The number of hydrogen-bond acceptors (Lipinski definition) is 6. The van der Waals surface area contributed by atoms with Gasteiger partial charge < -0.3 is 15.8 Å². The van der Waals surface area contributed by atoms with E-state index >= 15 is 0 Å². The molecule has 4 rings (SSSR count). The summed E-state index contributed by atoms with van der Waals surface area (Å²) in [4.78, 5) is 17.9. The minimum Gasteiger partial charge on any atom is -0.497 e. The van der Waals surface area contributed by atoms with Gasteiger partial charge in [-0.15, -0.1) is 11.3 Å². The first-order valence-corrected chi connectivity index (χ1v) is 9.84. The Balaban J connectivity index is 1.72. The van der Waals surface area contributed by atoms with Crippen molar-refractivity contribution < 1.29 is 9.53 Å². The topological polar surface area (TPSA) is 77.2 Å². The van der Waals surface area contributed by atoms with Crippen molar-refractivity contribution in [1.82, 2.24) is 4.98 Å². The van der Waals surface area contributed by atoms with E-state index in [0.717, 1.165) is 50.9 Å². The molecule has 0 saturated carbocycles. The minimum absolute atomic E-state index is 0.364. The Kier molecular flexibility index (Phi) is 4.13. The summed E-state index contributed by atoms with van der Waals surface area (Å²) < 4.78 is 6.30. The molecule has 0 fully saturated rings. The first kappa shape index (κ1) is 16.4. The number of ether oxygens (including phenoxy) is 1. The number of methoxy groups -OCH3 is 1. The van der Waals surface area contributed by atoms with E-state index in [-0.39, 0.29) is 5.91 Å². The van der Waals surface area contributed by atoms with Crippen molar-refractivity contribution in [3.63, 3.8) is 0 Å². The highest BCUT2D eigenvalue weighted by atomic mass is 32.1. The number of aromatic nitrogens is 1. The summed E-state index contributed by atoms with van der Waals surface area (Å²) in [7, 11) is 1.65. The number of anilines is 2. The van der Waals surface area contributed by atoms with Gasteiger partial charge in [0.05, 0.1) is 22.9 Å². The van der Waals surface area contributed by atoms with Gasteiger partial charge in [0, 0.05) is 4.88 Å². The molecule has 1 aliphatic carbocycles. The maximum Gasteiger partial charge on any atom is 0.251 e. The van der Waals surface area contributed by atoms with Crippen LogP contribution in [0.5, 0.6) is 5.75 Å². The van der Waals surface area contributed by atoms with Crippen LogP contribution in [0.3, 0.4) is 0 Å². The van der Waals surface area contributed by atoms with Gasteiger partial charge in [-0.1, -0.05) is 18.3 Å². The quantitative estimate of drug-likeness (QED) is 0.713. The first-order chi connectivity index (χ1) is 12.0. The molecule has 0 radical (unpaired) electrons. The van der Waals surface area contributed by atoms with Crippen molar-refractivity contribution in [3.8, 4) is 5.75 Å². The number of nitrogens with one attached hydrogen (secondary N) is 1. The predicted octanol–water partition coefficient (Wildman–Crippen LogP) is 4.33. The molecule has 1 atom stereocenters. The summed E-state index contributed by atoms with van der Waals surface area (Å²) in [6.45, 7) is 2.25. The largest absolute Gasteiger partial charge is 0.497 e. The van der Waals surface area contributed by atoms with Gasteiger partial charge in [-0.3, -0.25) is 4.79 Å². The normalized spacial score (nSPS) is 16.6. The summed E-state index contributed by atoms with van der Waals surface area (Å²) in [5.41, 5.74) is 8.35. The van der Waals surface area contributed by atoms with E-state index in [9.17, 15) is 4.79 Å². The lowest BCUT2D eigenvalue weighted by atomic mass is 9.88. The van der Waals surface area contributed by atoms with E-state index in [1.165, 1.54) is 4.88 Å². The maximum absolute atomic E-state index is 12.0. The molecule has 2 aromatic heterocycles. The summed E-state index contributed by atoms with van der Waals surface area (Å²) in [6, 6.07) is 5.80. The van der Waals surface area contributed by atoms with Crippen LogP contribution >= 0.6 is 22.7 Å². The first-order valence-electron chi connectivity index (χ1n) is 8.21. The number of fused-ring (bicyclic) bond motifs is 2. The van der Waals surface area contributed by atoms with Crippen molar-refractivity contribution in [3.05, 3.63) is 34.2 Å². The van der Waals surface area contributed by atoms with Gasteiger partial charge in [-0.25, -0.2) is 4.98 Å². The number of thiazole rings is 1. The second-order valence-electron chi connectivity index (χ2n) is 6.40. The molecule has 1 aromatic carbocycles. The molecule has 3 aromatic rings. The lowest BCUT2D eigenvalue weighted by Gasteiger charge is -2.18. The molecule has 7 heteroatoms. The molecule has 0 unspecified atom stereocenters. The van der Waals surface area contributed by atoms with Crippen molar-refractivity contribution in [2.24, 2.45) is 11.7 Å². The van der Waals surface area contributed by atoms with Gasteiger partial charge >= 0.3 is 0 Å². The Morgan fingerprint density at radius 1 is 1.40 bits per heavy atom. The number of hydrogen-bond donors (Lipinski definition) is 2. The van der Waals surface area contributed by atoms with Gasteiger partial charge in [0.15, 0.2) is 5.13 Å². The van der Waals surface area contributed by atoms with Gasteiger partial charge in [0.2, 0.25) is 0 Å². The lowest BCUT2D eigenvalue weighted by Crippen LogP contribution is -2.17. The van der Waals surface area contributed by atoms with Crippen molar-refractivity contribution in [2.45, 2.75) is 26.2 Å². The zero-order chi connectivity index (χ0) is 17.6. The van der Waals surface area contributed by atoms with Gasteiger partial charge in [-0.05, 0) is 48.9 Å². The number of benzene rings is 1. The van der Waals surface area contributed by atoms with E-state index in [4.69, 9.17) is 10.5 Å². The molecule has 130 valence electrons. The van der Waals surface area contributed by atoms with E-state index < -0.39 is 0 Å². The Labute approximate surface area is 153 Å². The van der Waals surface area contributed by atoms with E-state index in [1.54, 1.807) is 29.8 Å². The van der Waals surface area contributed by atoms with Gasteiger partial charge in [0.25, 0.3) is 5.91 Å². The number of nitrogens with zero attached hydrogens (tertiary/aromatic N) is 1. The standard InChI is InChI=1S/C18H19N3O2S2/c1-9-3-5-11-13(7-9)24-17(15(11)16(19)22)21-18-20-12-6-4-10(23-2)8-14(12)25-18/h4,6,8-9H,3,5,7H2,1-2H3,(H2,19,22)(H,20,21)/t9-/m1/s1. The number of carbonyl (C=O) groups is 1. The Morgan fingerprint density at radius 3 is 3.00 bits per heavy atom. The zero-order valence-electron chi connectivity index (χ0n) is 14.1. The van der Waals surface area contributed by atoms with Crippen molar-refractivity contribution >= 4 is 48.9 Å². The summed E-state index contributed by atoms with van der Waals surface area (Å²) in [5.74, 6) is 1.09. The summed E-state index contributed by atoms with van der Waals surface area (Å²) >= 11 is 3.18. The highest BCUT2D eigenvalue weighted by Gasteiger charge is 2.26. The molecular formula is C18H19N3O2S2. The van der Waals surface area contributed by atoms with Crippen LogP contribution in [0, 0.1) is 5.92 Å². The molecule has 25 heavy (non-hydrogen) atoms. The van der Waals surface area contributed by atoms with Crippen molar-refractivity contribution in [2.75, 3.05) is 12.4 Å². The highest BCUT2D eigenvalue weighted by molar-refractivity contribution is 7.23. The van der Waals surface area contributed by atoms with Gasteiger partial charge in [0.1, 0.15) is 10.8 Å². The summed E-state index contributed by atoms with van der Waals surface area (Å²) in [6.07, 6.45) is 3.04. The third kappa shape index (κ3) is 2.98. The van der Waals surface area contributed by atoms with Crippen LogP contribution in [0.25, 0.3) is 10.2 Å². The number of carbonyl (C=O) groups excluding carboxylic acids is 1. The molecule has 3 N–H and O–H groups in total. The molecule has 0 spiro atoms. The number of rotatable bonds is 4. The van der Waals surface area contributed by atoms with Crippen LogP contribution in [0.4, 0.5) is 10.1 Å². The summed E-state index contributed by atoms with van der Waals surface area (Å²) in [5, 5.41) is 4.92. The van der Waals surface area contributed by atoms with Crippen LogP contribution < -0.4 is 15.8 Å². The zero-order valence-corrected chi connectivity index (χ0v) is 15.7. The van der Waals surface area contributed by atoms with Crippen LogP contribution in [0.2, 0.25) is 0 Å². The monoisotopic (exact) mass is 373 g/mol. The molecular weight excluding hydrogens is 354 g/mol. The number of nitrogens with two attached hydrogens (primary N) is 1. The van der Waals surface area contributed by atoms with E-state index in [2.05, 4.69) is 17.2 Å². The second-order valence-corrected chi connectivity index (χ2v) is 8.53. The SMILES string of the molecule is COc1ccc2nc(Nc3sc4c(c3C(N)=O)CC[C@@H](C)C4)sc2c1. The van der Waals surface area contributed by atoms with Crippen LogP contribution in [-0.4, -0.2) is 18.0 Å². The smallest absolute Gasteiger partial charge is 0.251 e. The molecule has 2 heterocycles. The molecule has 0 saturated heterocycles. The Morgan fingerprint density at radius 2 is 2.24 bits per heavy atom. The Hall–Kier alpha value is -2.12. The predicted molar refractivity (Wildman–Crippen MR) is 103 cm³/mol. The van der Waals surface area contributed by atoms with Crippen LogP contribution in [-0.2, 0) is 12.8 Å². The average molecular weight is 374 g/mol. The van der Waals surface area contributed by atoms with Crippen molar-refractivity contribution in [1.29, 1.82) is 0 Å². The van der Waals surface area contributed by atoms with Crippen LogP contribution in [0.15, 0.2) is 18.2 Å². The van der Waals surface area contributed by atoms with E-state index in [1.807, 2.05) is 18.2 Å². The number of amides is 1. The maximum atomic E-state index is 12.0. The number of thiophene rings is 1. The fraction of sp³-hybridized carbons (Fsp3) is 0.333. The molecule has 1 amide bonds. The van der Waals surface area contributed by atoms with E-state index in [0.29, 0.717) is 11.5 Å². The number of primary amides is 1. The molecule has 1 aliphatic rings.